The predicted molar refractivity (Wildman–Crippen MR) is 73.0 cm³/mol. The van der Waals surface area contributed by atoms with Crippen LogP contribution in [0.15, 0.2) is 0 Å². The smallest absolute Gasteiger partial charge is 0.306 e. The highest BCUT2D eigenvalue weighted by Gasteiger charge is 2.11. The molecule has 1 atom stereocenters. The van der Waals surface area contributed by atoms with Gasteiger partial charge in [-0.15, -0.1) is 0 Å². The van der Waals surface area contributed by atoms with Crippen molar-refractivity contribution in [1.82, 2.24) is 0 Å². The molecule has 17 heavy (non-hydrogen) atoms. The van der Waals surface area contributed by atoms with Crippen LogP contribution in [0.3, 0.4) is 0 Å². The van der Waals surface area contributed by atoms with Crippen LogP contribution in [0.25, 0.3) is 0 Å². The van der Waals surface area contributed by atoms with Crippen molar-refractivity contribution in [3.63, 3.8) is 0 Å². The average molecular weight is 242 g/mol. The van der Waals surface area contributed by atoms with Crippen LogP contribution in [0.4, 0.5) is 0 Å². The average Bonchev–Trinajstić information content (AvgIpc) is 2.29. The Hall–Kier alpha value is -0.530. The monoisotopic (exact) mass is 242 g/mol. The van der Waals surface area contributed by atoms with Crippen LogP contribution in [0.1, 0.15) is 79.1 Å². The van der Waals surface area contributed by atoms with Gasteiger partial charge in [-0.3, -0.25) is 4.79 Å². The molecule has 0 aliphatic carbocycles. The minimum atomic E-state index is -0.00305. The zero-order valence-corrected chi connectivity index (χ0v) is 12.1. The Morgan fingerprint density at radius 3 is 2.29 bits per heavy atom. The van der Waals surface area contributed by atoms with Crippen molar-refractivity contribution < 1.29 is 9.53 Å². The summed E-state index contributed by atoms with van der Waals surface area (Å²) < 4.78 is 5.47. The van der Waals surface area contributed by atoms with E-state index in [1.807, 2.05) is 0 Å². The van der Waals surface area contributed by atoms with E-state index in [0.717, 1.165) is 38.0 Å². The van der Waals surface area contributed by atoms with Gasteiger partial charge in [0.15, 0.2) is 0 Å². The molecular weight excluding hydrogens is 212 g/mol. The zero-order valence-electron chi connectivity index (χ0n) is 12.1. The molecular formula is C15H30O2. The summed E-state index contributed by atoms with van der Waals surface area (Å²) in [6.45, 7) is 8.69. The molecule has 0 heterocycles. The Morgan fingerprint density at radius 1 is 1.06 bits per heavy atom. The zero-order chi connectivity index (χ0) is 13.1. The molecule has 0 fully saturated rings. The number of carbonyl (C=O) groups excluding carboxylic acids is 1. The van der Waals surface area contributed by atoms with Crippen molar-refractivity contribution in [3.05, 3.63) is 0 Å². The number of ether oxygens (including phenoxy) is 1. The molecule has 0 bridgehead atoms. The quantitative estimate of drug-likeness (QED) is 0.409. The first-order valence-corrected chi connectivity index (χ1v) is 7.29. The maximum atomic E-state index is 11.6. The number of rotatable bonds is 10. The normalized spacial score (nSPS) is 12.8. The number of unbranched alkanes of at least 4 members (excludes halogenated alkanes) is 2. The van der Waals surface area contributed by atoms with Gasteiger partial charge in [-0.2, -0.15) is 0 Å². The molecule has 0 spiro atoms. The molecule has 102 valence electrons. The van der Waals surface area contributed by atoms with Crippen LogP contribution in [0, 0.1) is 5.92 Å². The van der Waals surface area contributed by atoms with Crippen LogP contribution in [0.5, 0.6) is 0 Å². The van der Waals surface area contributed by atoms with E-state index in [9.17, 15) is 4.79 Å². The van der Waals surface area contributed by atoms with Crippen molar-refractivity contribution in [2.75, 3.05) is 0 Å². The van der Waals surface area contributed by atoms with Gasteiger partial charge in [-0.25, -0.2) is 0 Å². The summed E-state index contributed by atoms with van der Waals surface area (Å²) in [7, 11) is 0. The van der Waals surface area contributed by atoms with E-state index in [0.29, 0.717) is 6.42 Å². The highest BCUT2D eigenvalue weighted by Crippen LogP contribution is 2.12. The van der Waals surface area contributed by atoms with Crippen molar-refractivity contribution >= 4 is 5.97 Å². The van der Waals surface area contributed by atoms with Crippen molar-refractivity contribution in [2.24, 2.45) is 5.92 Å². The van der Waals surface area contributed by atoms with Gasteiger partial charge < -0.3 is 4.74 Å². The van der Waals surface area contributed by atoms with Gasteiger partial charge in [-0.1, -0.05) is 53.4 Å². The summed E-state index contributed by atoms with van der Waals surface area (Å²) in [6.07, 6.45) is 8.34. The Labute approximate surface area is 107 Å². The van der Waals surface area contributed by atoms with Crippen LogP contribution in [-0.4, -0.2) is 12.1 Å². The third-order valence-electron chi connectivity index (χ3n) is 3.05. The number of carbonyl (C=O) groups is 1. The van der Waals surface area contributed by atoms with E-state index in [1.165, 1.54) is 12.8 Å². The molecule has 0 aliphatic heterocycles. The van der Waals surface area contributed by atoms with E-state index >= 15 is 0 Å². The lowest BCUT2D eigenvalue weighted by Crippen LogP contribution is -2.17. The second-order valence-corrected chi connectivity index (χ2v) is 5.30. The van der Waals surface area contributed by atoms with E-state index in [-0.39, 0.29) is 12.1 Å². The second kappa shape index (κ2) is 10.6. The van der Waals surface area contributed by atoms with Gasteiger partial charge in [0, 0.05) is 6.42 Å². The van der Waals surface area contributed by atoms with Gasteiger partial charge in [0.1, 0.15) is 6.10 Å². The molecule has 0 aromatic heterocycles. The van der Waals surface area contributed by atoms with Gasteiger partial charge in [0.25, 0.3) is 0 Å². The lowest BCUT2D eigenvalue weighted by atomic mass is 10.1. The van der Waals surface area contributed by atoms with Crippen LogP contribution >= 0.6 is 0 Å². The second-order valence-electron chi connectivity index (χ2n) is 5.30. The van der Waals surface area contributed by atoms with E-state index in [2.05, 4.69) is 27.7 Å². The lowest BCUT2D eigenvalue weighted by Gasteiger charge is -2.15. The van der Waals surface area contributed by atoms with Gasteiger partial charge in [-0.05, 0) is 25.2 Å². The largest absolute Gasteiger partial charge is 0.462 e. The Morgan fingerprint density at radius 2 is 1.76 bits per heavy atom. The molecule has 0 aliphatic rings. The third kappa shape index (κ3) is 10.3. The summed E-state index contributed by atoms with van der Waals surface area (Å²) in [5, 5.41) is 0. The minimum Gasteiger partial charge on any atom is -0.462 e. The number of hydrogen-bond acceptors (Lipinski definition) is 2. The van der Waals surface area contributed by atoms with Gasteiger partial charge in [0.05, 0.1) is 0 Å². The first-order valence-electron chi connectivity index (χ1n) is 7.29. The van der Waals surface area contributed by atoms with Crippen LogP contribution < -0.4 is 0 Å². The third-order valence-corrected chi connectivity index (χ3v) is 3.05. The minimum absolute atomic E-state index is 0.00305. The molecule has 0 aromatic rings. The maximum absolute atomic E-state index is 11.6. The highest BCUT2D eigenvalue weighted by atomic mass is 16.5. The van der Waals surface area contributed by atoms with E-state index < -0.39 is 0 Å². The Balaban J connectivity index is 3.60. The van der Waals surface area contributed by atoms with E-state index in [1.54, 1.807) is 0 Å². The number of hydrogen-bond donors (Lipinski definition) is 0. The van der Waals surface area contributed by atoms with Crippen molar-refractivity contribution in [1.29, 1.82) is 0 Å². The Kier molecular flexibility index (Phi) is 10.3. The number of esters is 1. The van der Waals surface area contributed by atoms with Crippen LogP contribution in [0.2, 0.25) is 0 Å². The molecule has 0 amide bonds. The molecule has 0 saturated carbocycles. The fourth-order valence-corrected chi connectivity index (χ4v) is 1.84. The van der Waals surface area contributed by atoms with Crippen molar-refractivity contribution in [3.8, 4) is 0 Å². The molecule has 1 unspecified atom stereocenters. The standard InChI is InChI=1S/C15H30O2/c1-5-7-11-14(6-2)17-15(16)12-9-8-10-13(3)4/h13-14H,5-12H2,1-4H3. The van der Waals surface area contributed by atoms with Crippen molar-refractivity contribution in [2.45, 2.75) is 85.2 Å². The molecule has 0 radical (unpaired) electrons. The first-order chi connectivity index (χ1) is 8.10. The summed E-state index contributed by atoms with van der Waals surface area (Å²) in [6, 6.07) is 0. The highest BCUT2D eigenvalue weighted by molar-refractivity contribution is 5.69. The molecule has 2 nitrogen and oxygen atoms in total. The Bertz CT molecular complexity index is 187. The maximum Gasteiger partial charge on any atom is 0.306 e. The molecule has 2 heteroatoms. The summed E-state index contributed by atoms with van der Waals surface area (Å²) in [5.41, 5.74) is 0. The fourth-order valence-electron chi connectivity index (χ4n) is 1.84. The summed E-state index contributed by atoms with van der Waals surface area (Å²) in [4.78, 5) is 11.6. The van der Waals surface area contributed by atoms with Gasteiger partial charge in [0.2, 0.25) is 0 Å². The first kappa shape index (κ1) is 16.5. The van der Waals surface area contributed by atoms with E-state index in [4.69, 9.17) is 4.74 Å². The molecule has 0 saturated heterocycles. The lowest BCUT2D eigenvalue weighted by molar-refractivity contribution is -0.149. The molecule has 0 rings (SSSR count). The molecule has 0 N–H and O–H groups in total. The topological polar surface area (TPSA) is 26.3 Å². The fraction of sp³-hybridized carbons (Fsp3) is 0.933. The van der Waals surface area contributed by atoms with Gasteiger partial charge >= 0.3 is 5.97 Å². The summed E-state index contributed by atoms with van der Waals surface area (Å²) in [5.74, 6) is 0.732. The predicted octanol–water partition coefficient (Wildman–Crippen LogP) is 4.71. The van der Waals surface area contributed by atoms with Crippen LogP contribution in [-0.2, 0) is 9.53 Å². The molecule has 0 aromatic carbocycles. The summed E-state index contributed by atoms with van der Waals surface area (Å²) >= 11 is 0. The SMILES string of the molecule is CCCCC(CC)OC(=O)CCCCC(C)C.